The number of amides is 2. The Morgan fingerprint density at radius 2 is 2.12 bits per heavy atom. The number of nitrogens with one attached hydrogen (secondary N) is 1. The molecule has 5 heteroatoms. The molecule has 1 aliphatic heterocycles. The lowest BCUT2D eigenvalue weighted by Gasteiger charge is -2.35. The molecule has 0 aromatic rings. The molecule has 0 aliphatic carbocycles. The minimum Gasteiger partial charge on any atom is -0.347 e. The topological polar surface area (TPSA) is 75.4 Å². The predicted molar refractivity (Wildman–Crippen MR) is 61.6 cm³/mol. The van der Waals surface area contributed by atoms with Gasteiger partial charge in [-0.05, 0) is 25.7 Å². The summed E-state index contributed by atoms with van der Waals surface area (Å²) in [4.78, 5) is 24.9. The SMILES string of the molecule is CC1CCN(C(=O)C(=O)NCCN)C(C)C1. The minimum atomic E-state index is -0.535. The second-order valence-electron chi connectivity index (χ2n) is 4.52. The van der Waals surface area contributed by atoms with Gasteiger partial charge in [0.1, 0.15) is 0 Å². The summed E-state index contributed by atoms with van der Waals surface area (Å²) in [5.74, 6) is -0.328. The van der Waals surface area contributed by atoms with Crippen LogP contribution in [0.1, 0.15) is 26.7 Å². The van der Waals surface area contributed by atoms with Gasteiger partial charge in [-0.25, -0.2) is 0 Å². The Hall–Kier alpha value is -1.10. The summed E-state index contributed by atoms with van der Waals surface area (Å²) >= 11 is 0. The van der Waals surface area contributed by atoms with Gasteiger partial charge in [0.15, 0.2) is 0 Å². The largest absolute Gasteiger partial charge is 0.347 e. The maximum Gasteiger partial charge on any atom is 0.312 e. The number of nitrogens with zero attached hydrogens (tertiary/aromatic N) is 1. The normalized spacial score (nSPS) is 25.3. The minimum absolute atomic E-state index is 0.153. The highest BCUT2D eigenvalue weighted by atomic mass is 16.2. The van der Waals surface area contributed by atoms with Gasteiger partial charge >= 0.3 is 11.8 Å². The number of piperidine rings is 1. The second-order valence-corrected chi connectivity index (χ2v) is 4.52. The van der Waals surface area contributed by atoms with Crippen LogP contribution in [0.3, 0.4) is 0 Å². The average Bonchev–Trinajstić information content (AvgIpc) is 2.25. The lowest BCUT2D eigenvalue weighted by Crippen LogP contribution is -2.50. The van der Waals surface area contributed by atoms with Crippen LogP contribution in [-0.4, -0.2) is 42.4 Å². The van der Waals surface area contributed by atoms with E-state index in [4.69, 9.17) is 5.73 Å². The highest BCUT2D eigenvalue weighted by Gasteiger charge is 2.30. The van der Waals surface area contributed by atoms with E-state index in [1.54, 1.807) is 4.90 Å². The monoisotopic (exact) mass is 227 g/mol. The molecule has 0 saturated carbocycles. The summed E-state index contributed by atoms with van der Waals surface area (Å²) in [5, 5.41) is 2.51. The van der Waals surface area contributed by atoms with E-state index >= 15 is 0 Å². The summed E-state index contributed by atoms with van der Waals surface area (Å²) in [6, 6.07) is 0.153. The molecule has 1 heterocycles. The number of likely N-dealkylation sites (tertiary alicyclic amines) is 1. The molecule has 5 nitrogen and oxygen atoms in total. The van der Waals surface area contributed by atoms with Gasteiger partial charge in [-0.3, -0.25) is 9.59 Å². The van der Waals surface area contributed by atoms with Gasteiger partial charge in [-0.1, -0.05) is 6.92 Å². The molecule has 0 radical (unpaired) electrons. The van der Waals surface area contributed by atoms with Gasteiger partial charge in [0.05, 0.1) is 0 Å². The molecule has 1 fully saturated rings. The standard InChI is InChI=1S/C11H21N3O2/c1-8-3-6-14(9(2)7-8)11(16)10(15)13-5-4-12/h8-9H,3-7,12H2,1-2H3,(H,13,15). The van der Waals surface area contributed by atoms with E-state index in [0.717, 1.165) is 12.8 Å². The van der Waals surface area contributed by atoms with Crippen molar-refractivity contribution in [3.8, 4) is 0 Å². The molecular weight excluding hydrogens is 206 g/mol. The molecule has 0 bridgehead atoms. The molecule has 1 saturated heterocycles. The quantitative estimate of drug-likeness (QED) is 0.636. The van der Waals surface area contributed by atoms with Crippen LogP contribution in [0.4, 0.5) is 0 Å². The molecule has 16 heavy (non-hydrogen) atoms. The number of hydrogen-bond acceptors (Lipinski definition) is 3. The summed E-state index contributed by atoms with van der Waals surface area (Å²) in [7, 11) is 0. The van der Waals surface area contributed by atoms with Gasteiger partial charge < -0.3 is 16.0 Å². The van der Waals surface area contributed by atoms with Crippen LogP contribution in [-0.2, 0) is 9.59 Å². The summed E-state index contributed by atoms with van der Waals surface area (Å²) in [6.45, 7) is 5.54. The summed E-state index contributed by atoms with van der Waals surface area (Å²) < 4.78 is 0. The van der Waals surface area contributed by atoms with Crippen molar-refractivity contribution in [2.24, 2.45) is 11.7 Å². The van der Waals surface area contributed by atoms with Gasteiger partial charge in [-0.2, -0.15) is 0 Å². The zero-order chi connectivity index (χ0) is 12.1. The number of nitrogens with two attached hydrogens (primary N) is 1. The van der Waals surface area contributed by atoms with Crippen molar-refractivity contribution in [2.75, 3.05) is 19.6 Å². The first-order chi connectivity index (χ1) is 7.56. The van der Waals surface area contributed by atoms with Crippen LogP contribution in [0.2, 0.25) is 0 Å². The zero-order valence-electron chi connectivity index (χ0n) is 10.0. The Bertz CT molecular complexity index is 268. The van der Waals surface area contributed by atoms with Crippen LogP contribution < -0.4 is 11.1 Å². The third kappa shape index (κ3) is 3.20. The zero-order valence-corrected chi connectivity index (χ0v) is 10.0. The second kappa shape index (κ2) is 5.84. The fraction of sp³-hybridized carbons (Fsp3) is 0.818. The van der Waals surface area contributed by atoms with Crippen LogP contribution in [0.15, 0.2) is 0 Å². The Morgan fingerprint density at radius 1 is 1.44 bits per heavy atom. The number of carbonyl (C=O) groups is 2. The van der Waals surface area contributed by atoms with E-state index in [2.05, 4.69) is 12.2 Å². The fourth-order valence-electron chi connectivity index (χ4n) is 2.10. The highest BCUT2D eigenvalue weighted by molar-refractivity contribution is 6.35. The third-order valence-electron chi connectivity index (χ3n) is 3.02. The first-order valence-corrected chi connectivity index (χ1v) is 5.85. The number of hydrogen-bond donors (Lipinski definition) is 2. The molecule has 1 rings (SSSR count). The van der Waals surface area contributed by atoms with E-state index < -0.39 is 11.8 Å². The van der Waals surface area contributed by atoms with Crippen LogP contribution in [0.25, 0.3) is 0 Å². The highest BCUT2D eigenvalue weighted by Crippen LogP contribution is 2.21. The first-order valence-electron chi connectivity index (χ1n) is 5.85. The molecule has 1 aliphatic rings. The van der Waals surface area contributed by atoms with E-state index in [0.29, 0.717) is 25.6 Å². The van der Waals surface area contributed by atoms with Crippen LogP contribution in [0, 0.1) is 5.92 Å². The molecule has 0 aromatic heterocycles. The summed E-state index contributed by atoms with van der Waals surface area (Å²) in [5.41, 5.74) is 5.26. The Labute approximate surface area is 96.4 Å². The van der Waals surface area contributed by atoms with E-state index in [1.165, 1.54) is 0 Å². The molecule has 92 valence electrons. The molecule has 2 unspecified atom stereocenters. The van der Waals surface area contributed by atoms with Gasteiger partial charge in [-0.15, -0.1) is 0 Å². The van der Waals surface area contributed by atoms with E-state index in [1.807, 2.05) is 6.92 Å². The van der Waals surface area contributed by atoms with Crippen LogP contribution in [0.5, 0.6) is 0 Å². The molecule has 0 aromatic carbocycles. The smallest absolute Gasteiger partial charge is 0.312 e. The van der Waals surface area contributed by atoms with Crippen molar-refractivity contribution in [1.29, 1.82) is 0 Å². The Kier molecular flexibility index (Phi) is 4.73. The predicted octanol–water partition coefficient (Wildman–Crippen LogP) is -0.292. The average molecular weight is 227 g/mol. The van der Waals surface area contributed by atoms with E-state index in [9.17, 15) is 9.59 Å². The fourth-order valence-corrected chi connectivity index (χ4v) is 2.10. The summed E-state index contributed by atoms with van der Waals surface area (Å²) in [6.07, 6.45) is 1.94. The van der Waals surface area contributed by atoms with E-state index in [-0.39, 0.29) is 6.04 Å². The van der Waals surface area contributed by atoms with Crippen molar-refractivity contribution in [3.05, 3.63) is 0 Å². The molecule has 3 N–H and O–H groups in total. The third-order valence-corrected chi connectivity index (χ3v) is 3.02. The molecule has 0 spiro atoms. The van der Waals surface area contributed by atoms with Gasteiger partial charge in [0, 0.05) is 25.7 Å². The first kappa shape index (κ1) is 13.0. The Balaban J connectivity index is 2.50. The lowest BCUT2D eigenvalue weighted by atomic mass is 9.93. The van der Waals surface area contributed by atoms with Crippen molar-refractivity contribution in [1.82, 2.24) is 10.2 Å². The number of rotatable bonds is 2. The molecular formula is C11H21N3O2. The maximum atomic E-state index is 11.8. The lowest BCUT2D eigenvalue weighted by molar-refractivity contribution is -0.148. The van der Waals surface area contributed by atoms with Crippen molar-refractivity contribution in [2.45, 2.75) is 32.7 Å². The van der Waals surface area contributed by atoms with Crippen molar-refractivity contribution < 1.29 is 9.59 Å². The van der Waals surface area contributed by atoms with Gasteiger partial charge in [0.25, 0.3) is 0 Å². The van der Waals surface area contributed by atoms with Crippen LogP contribution >= 0.6 is 0 Å². The van der Waals surface area contributed by atoms with Crippen molar-refractivity contribution in [3.63, 3.8) is 0 Å². The molecule has 2 amide bonds. The van der Waals surface area contributed by atoms with Crippen molar-refractivity contribution >= 4 is 11.8 Å². The Morgan fingerprint density at radius 3 is 2.69 bits per heavy atom. The molecule has 2 atom stereocenters. The van der Waals surface area contributed by atoms with Gasteiger partial charge in [0.2, 0.25) is 0 Å². The maximum absolute atomic E-state index is 11.8. The number of carbonyl (C=O) groups excluding carboxylic acids is 2.